The van der Waals surface area contributed by atoms with Gasteiger partial charge in [0.05, 0.1) is 43.7 Å². The maximum atomic E-state index is 13.0. The lowest BCUT2D eigenvalue weighted by atomic mass is 10.1. The van der Waals surface area contributed by atoms with Gasteiger partial charge in [-0.05, 0) is 72.8 Å². The van der Waals surface area contributed by atoms with Gasteiger partial charge >= 0.3 is 5.97 Å². The molecule has 12 heteroatoms. The van der Waals surface area contributed by atoms with E-state index in [9.17, 15) is 19.2 Å². The van der Waals surface area contributed by atoms with Gasteiger partial charge in [-0.3, -0.25) is 34.3 Å². The number of pyridine rings is 4. The summed E-state index contributed by atoms with van der Waals surface area (Å²) in [6.07, 6.45) is 9.27. The Bertz CT molecular complexity index is 1910. The number of benzene rings is 2. The molecule has 12 nitrogen and oxygen atoms in total. The summed E-state index contributed by atoms with van der Waals surface area (Å²) in [5.41, 5.74) is 10.1. The van der Waals surface area contributed by atoms with E-state index in [2.05, 4.69) is 24.7 Å². The first-order chi connectivity index (χ1) is 25.4. The fraction of sp³-hybridized carbons (Fsp3) is 0.100. The molecule has 2 N–H and O–H groups in total. The number of hydrogen-bond donors (Lipinski definition) is 1. The van der Waals surface area contributed by atoms with Crippen molar-refractivity contribution in [1.29, 1.82) is 0 Å². The molecular weight excluding hydrogens is 658 g/mol. The Hall–Kier alpha value is -6.92. The Morgan fingerprint density at radius 1 is 0.558 bits per heavy atom. The molecule has 0 fully saturated rings. The predicted octanol–water partition coefficient (Wildman–Crippen LogP) is 5.58. The van der Waals surface area contributed by atoms with Crippen molar-refractivity contribution < 1.29 is 23.9 Å². The fourth-order valence-electron chi connectivity index (χ4n) is 4.96. The van der Waals surface area contributed by atoms with Crippen LogP contribution in [0.15, 0.2) is 146 Å². The van der Waals surface area contributed by atoms with Crippen LogP contribution < -0.4 is 15.5 Å². The van der Waals surface area contributed by atoms with Gasteiger partial charge in [0.1, 0.15) is 0 Å². The molecule has 6 aromatic rings. The van der Waals surface area contributed by atoms with Crippen LogP contribution in [0.25, 0.3) is 0 Å². The van der Waals surface area contributed by atoms with Crippen molar-refractivity contribution in [1.82, 2.24) is 19.9 Å². The van der Waals surface area contributed by atoms with E-state index < -0.39 is 5.97 Å². The molecular formula is C40H35N7O5. The summed E-state index contributed by atoms with van der Waals surface area (Å²) in [6, 6.07) is 32.2. The summed E-state index contributed by atoms with van der Waals surface area (Å²) in [6.45, 7) is 0.493. The summed E-state index contributed by atoms with van der Waals surface area (Å²) in [5, 5.41) is 0. The Morgan fingerprint density at radius 3 is 1.35 bits per heavy atom. The highest BCUT2D eigenvalue weighted by Gasteiger charge is 2.20. The SMILES string of the molecule is COC(=O)c1ccc(CN(C(=O)c2ccncc2)c2ccccc2)nc1.NCC(=O)c1ccc(CN(C(=O)c2ccncc2)c2ccccc2)nc1. The standard InChI is InChI=1S/C20H18N4O2.C20H17N3O3/c21-12-19(25)16-6-7-17(23-13-16)14-24(18-4-2-1-3-5-18)20(26)15-8-10-22-11-9-15;1-26-20(25)16-7-8-17(22-13-16)14-23(18-5-3-2-4-6-18)19(24)15-9-11-21-12-10-15/h1-11,13H,12,14,21H2;2-13H,14H2,1H3. The summed E-state index contributed by atoms with van der Waals surface area (Å²) in [4.78, 5) is 68.9. The van der Waals surface area contributed by atoms with E-state index in [1.54, 1.807) is 83.1 Å². The first kappa shape index (κ1) is 36.4. The lowest BCUT2D eigenvalue weighted by Gasteiger charge is -2.22. The van der Waals surface area contributed by atoms with Gasteiger partial charge in [0.2, 0.25) is 0 Å². The number of aromatic nitrogens is 4. The van der Waals surface area contributed by atoms with E-state index in [1.807, 2.05) is 60.7 Å². The third kappa shape index (κ3) is 9.61. The van der Waals surface area contributed by atoms with Crippen LogP contribution in [0, 0.1) is 0 Å². The van der Waals surface area contributed by atoms with Crippen LogP contribution in [0.4, 0.5) is 11.4 Å². The molecule has 0 saturated carbocycles. The molecule has 4 heterocycles. The first-order valence-corrected chi connectivity index (χ1v) is 16.1. The number of ether oxygens (including phenoxy) is 1. The molecule has 2 aromatic carbocycles. The molecule has 0 aliphatic heterocycles. The lowest BCUT2D eigenvalue weighted by Crippen LogP contribution is -2.30. The van der Waals surface area contributed by atoms with Crippen molar-refractivity contribution in [3.05, 3.63) is 180 Å². The highest BCUT2D eigenvalue weighted by molar-refractivity contribution is 6.06. The Balaban J connectivity index is 0.000000201. The van der Waals surface area contributed by atoms with Crippen molar-refractivity contribution in [3.8, 4) is 0 Å². The zero-order chi connectivity index (χ0) is 36.7. The van der Waals surface area contributed by atoms with Crippen LogP contribution in [0.1, 0.15) is 52.8 Å². The number of amides is 2. The number of hydrogen-bond acceptors (Lipinski definition) is 10. The molecule has 0 spiro atoms. The number of carbonyl (C=O) groups excluding carboxylic acids is 4. The monoisotopic (exact) mass is 693 g/mol. The van der Waals surface area contributed by atoms with Gasteiger partial charge in [-0.2, -0.15) is 0 Å². The van der Waals surface area contributed by atoms with Crippen molar-refractivity contribution in [3.63, 3.8) is 0 Å². The highest BCUT2D eigenvalue weighted by atomic mass is 16.5. The average Bonchev–Trinajstić information content (AvgIpc) is 3.22. The number of Topliss-reactive ketones (excluding diaryl/α,β-unsaturated/α-hetero) is 1. The number of anilines is 2. The third-order valence-corrected chi connectivity index (χ3v) is 7.70. The maximum absolute atomic E-state index is 13.0. The molecule has 0 unspecified atom stereocenters. The van der Waals surface area contributed by atoms with Gasteiger partial charge in [0.25, 0.3) is 11.8 Å². The van der Waals surface area contributed by atoms with Crippen molar-refractivity contribution in [2.45, 2.75) is 13.1 Å². The quantitative estimate of drug-likeness (QED) is 0.134. The number of carbonyl (C=O) groups is 4. The normalized spacial score (nSPS) is 10.3. The molecule has 0 saturated heterocycles. The van der Waals surface area contributed by atoms with Crippen molar-refractivity contribution in [2.75, 3.05) is 23.5 Å². The Kier molecular flexibility index (Phi) is 12.7. The second-order valence-corrected chi connectivity index (χ2v) is 11.1. The second-order valence-electron chi connectivity index (χ2n) is 11.1. The van der Waals surface area contributed by atoms with Crippen molar-refractivity contribution in [2.24, 2.45) is 5.73 Å². The molecule has 6 rings (SSSR count). The molecule has 52 heavy (non-hydrogen) atoms. The maximum Gasteiger partial charge on any atom is 0.339 e. The number of methoxy groups -OCH3 is 1. The van der Waals surface area contributed by atoms with Crippen LogP contribution in [0.2, 0.25) is 0 Å². The number of ketones is 1. The summed E-state index contributed by atoms with van der Waals surface area (Å²) >= 11 is 0. The Labute approximate surface area is 300 Å². The first-order valence-electron chi connectivity index (χ1n) is 16.1. The molecule has 0 radical (unpaired) electrons. The van der Waals surface area contributed by atoms with E-state index >= 15 is 0 Å². The summed E-state index contributed by atoms with van der Waals surface area (Å²) in [7, 11) is 1.32. The molecule has 0 bridgehead atoms. The van der Waals surface area contributed by atoms with Gasteiger partial charge in [-0.25, -0.2) is 4.79 Å². The highest BCUT2D eigenvalue weighted by Crippen LogP contribution is 2.21. The number of nitrogens with zero attached hydrogens (tertiary/aromatic N) is 6. The molecule has 0 aliphatic rings. The minimum atomic E-state index is -0.447. The minimum Gasteiger partial charge on any atom is -0.465 e. The van der Waals surface area contributed by atoms with E-state index in [4.69, 9.17) is 5.73 Å². The number of rotatable bonds is 11. The van der Waals surface area contributed by atoms with E-state index in [1.165, 1.54) is 19.5 Å². The van der Waals surface area contributed by atoms with Gasteiger partial charge < -0.3 is 20.3 Å². The van der Waals surface area contributed by atoms with Crippen LogP contribution in [-0.2, 0) is 17.8 Å². The average molecular weight is 694 g/mol. The van der Waals surface area contributed by atoms with E-state index in [0.29, 0.717) is 33.6 Å². The Morgan fingerprint density at radius 2 is 0.981 bits per heavy atom. The predicted molar refractivity (Wildman–Crippen MR) is 196 cm³/mol. The van der Waals surface area contributed by atoms with Gasteiger partial charge in [0.15, 0.2) is 5.78 Å². The third-order valence-electron chi connectivity index (χ3n) is 7.70. The zero-order valence-corrected chi connectivity index (χ0v) is 28.3. The second kappa shape index (κ2) is 18.2. The minimum absolute atomic E-state index is 0.0578. The number of nitrogens with two attached hydrogens (primary N) is 1. The largest absolute Gasteiger partial charge is 0.465 e. The van der Waals surface area contributed by atoms with Crippen LogP contribution in [-0.4, -0.2) is 57.2 Å². The van der Waals surface area contributed by atoms with E-state index in [-0.39, 0.29) is 37.2 Å². The number of esters is 1. The smallest absolute Gasteiger partial charge is 0.339 e. The fourth-order valence-corrected chi connectivity index (χ4v) is 4.96. The number of para-hydroxylation sites is 2. The van der Waals surface area contributed by atoms with Gasteiger partial charge in [-0.15, -0.1) is 0 Å². The molecule has 4 aromatic heterocycles. The van der Waals surface area contributed by atoms with Gasteiger partial charge in [0, 0.05) is 65.2 Å². The van der Waals surface area contributed by atoms with Crippen LogP contribution >= 0.6 is 0 Å². The topological polar surface area (TPSA) is 162 Å². The summed E-state index contributed by atoms with van der Waals surface area (Å²) in [5.74, 6) is -0.923. The molecule has 260 valence electrons. The summed E-state index contributed by atoms with van der Waals surface area (Å²) < 4.78 is 4.67. The van der Waals surface area contributed by atoms with E-state index in [0.717, 1.165) is 11.4 Å². The van der Waals surface area contributed by atoms with Crippen molar-refractivity contribution >= 4 is 34.9 Å². The molecule has 0 aliphatic carbocycles. The lowest BCUT2D eigenvalue weighted by molar-refractivity contribution is 0.0599. The van der Waals surface area contributed by atoms with Gasteiger partial charge in [-0.1, -0.05) is 36.4 Å². The molecule has 2 amide bonds. The molecule has 0 atom stereocenters. The van der Waals surface area contributed by atoms with Crippen LogP contribution in [0.5, 0.6) is 0 Å². The zero-order valence-electron chi connectivity index (χ0n) is 28.3. The van der Waals surface area contributed by atoms with Crippen LogP contribution in [0.3, 0.4) is 0 Å².